The highest BCUT2D eigenvalue weighted by molar-refractivity contribution is 7.71. The number of benzene rings is 2. The smallest absolute Gasteiger partial charge is 0.202 e. The van der Waals surface area contributed by atoms with E-state index in [1.165, 1.54) is 16.9 Å². The van der Waals surface area contributed by atoms with Gasteiger partial charge in [0.15, 0.2) is 0 Å². The fourth-order valence-corrected chi connectivity index (χ4v) is 4.34. The molecule has 5 nitrogen and oxygen atoms in total. The van der Waals surface area contributed by atoms with Crippen LogP contribution in [0.15, 0.2) is 54.9 Å². The van der Waals surface area contributed by atoms with Crippen LogP contribution in [-0.2, 0) is 6.42 Å². The van der Waals surface area contributed by atoms with Gasteiger partial charge in [0.2, 0.25) is 4.77 Å². The van der Waals surface area contributed by atoms with Crippen LogP contribution in [0.5, 0.6) is 0 Å². The fourth-order valence-electron chi connectivity index (χ4n) is 3.96. The van der Waals surface area contributed by atoms with Crippen molar-refractivity contribution >= 4 is 23.6 Å². The molecule has 2 aromatic carbocycles. The van der Waals surface area contributed by atoms with E-state index in [2.05, 4.69) is 84.2 Å². The number of hydrogen-bond donors (Lipinski definition) is 0. The summed E-state index contributed by atoms with van der Waals surface area (Å²) >= 11 is 5.63. The summed E-state index contributed by atoms with van der Waals surface area (Å²) in [5.41, 5.74) is 5.05. The first-order valence-corrected chi connectivity index (χ1v) is 11.4. The minimum Gasteiger partial charge on any atom is -0.368 e. The van der Waals surface area contributed by atoms with Crippen molar-refractivity contribution in [1.82, 2.24) is 14.3 Å². The normalized spacial score (nSPS) is 15.4. The number of hydrogen-bond acceptors (Lipinski definition) is 4. The van der Waals surface area contributed by atoms with Crippen LogP contribution in [0.1, 0.15) is 38.8 Å². The highest BCUT2D eigenvalue weighted by Crippen LogP contribution is 2.23. The topological polar surface area (TPSA) is 29.2 Å². The molecule has 30 heavy (non-hydrogen) atoms. The zero-order valence-electron chi connectivity index (χ0n) is 18.2. The SMILES string of the molecule is CCc1ccc(N2CCN(c3ccc(-n4cnn(C(C)CC)c4=S)cc3)CC2)cc1. The lowest BCUT2D eigenvalue weighted by atomic mass is 10.1. The van der Waals surface area contributed by atoms with Crippen molar-refractivity contribution in [3.8, 4) is 5.69 Å². The van der Waals surface area contributed by atoms with Crippen LogP contribution in [0.3, 0.4) is 0 Å². The van der Waals surface area contributed by atoms with Gasteiger partial charge in [-0.05, 0) is 73.9 Å². The van der Waals surface area contributed by atoms with E-state index >= 15 is 0 Å². The Morgan fingerprint density at radius 2 is 1.33 bits per heavy atom. The van der Waals surface area contributed by atoms with E-state index in [1.807, 2.05) is 15.6 Å². The van der Waals surface area contributed by atoms with Gasteiger partial charge in [-0.3, -0.25) is 4.57 Å². The molecule has 1 atom stereocenters. The third-order valence-electron chi connectivity index (χ3n) is 6.18. The van der Waals surface area contributed by atoms with Crippen molar-refractivity contribution < 1.29 is 0 Å². The second kappa shape index (κ2) is 9.04. The lowest BCUT2D eigenvalue weighted by Gasteiger charge is -2.37. The molecule has 0 aliphatic carbocycles. The summed E-state index contributed by atoms with van der Waals surface area (Å²) in [5.74, 6) is 0. The lowest BCUT2D eigenvalue weighted by molar-refractivity contribution is 0.470. The molecule has 1 unspecified atom stereocenters. The Morgan fingerprint density at radius 3 is 1.83 bits per heavy atom. The van der Waals surface area contributed by atoms with Crippen molar-refractivity contribution in [1.29, 1.82) is 0 Å². The van der Waals surface area contributed by atoms with Gasteiger partial charge >= 0.3 is 0 Å². The molecule has 1 aliphatic heterocycles. The molecule has 1 saturated heterocycles. The van der Waals surface area contributed by atoms with Crippen LogP contribution in [0.4, 0.5) is 11.4 Å². The van der Waals surface area contributed by atoms with Crippen LogP contribution in [0.2, 0.25) is 0 Å². The molecule has 0 amide bonds. The first kappa shape index (κ1) is 20.7. The standard InChI is InChI=1S/C24H31N5S/c1-4-19(3)29-24(30)28(18-25-29)23-12-10-22(11-13-23)27-16-14-26(15-17-27)21-8-6-20(5-2)7-9-21/h6-13,18-19H,4-5,14-17H2,1-3H3. The van der Waals surface area contributed by atoms with E-state index in [-0.39, 0.29) is 0 Å². The van der Waals surface area contributed by atoms with Gasteiger partial charge in [-0.2, -0.15) is 5.10 Å². The van der Waals surface area contributed by atoms with Crippen molar-refractivity contribution in [2.45, 2.75) is 39.7 Å². The molecular formula is C24H31N5S. The second-order valence-electron chi connectivity index (χ2n) is 8.00. The van der Waals surface area contributed by atoms with Crippen LogP contribution < -0.4 is 9.80 Å². The zero-order valence-corrected chi connectivity index (χ0v) is 19.0. The van der Waals surface area contributed by atoms with Gasteiger partial charge in [-0.15, -0.1) is 0 Å². The van der Waals surface area contributed by atoms with E-state index in [0.717, 1.165) is 49.5 Å². The fraction of sp³-hybridized carbons (Fsp3) is 0.417. The summed E-state index contributed by atoms with van der Waals surface area (Å²) in [6, 6.07) is 18.0. The van der Waals surface area contributed by atoms with Crippen LogP contribution in [-0.4, -0.2) is 40.5 Å². The summed E-state index contributed by atoms with van der Waals surface area (Å²) in [5, 5.41) is 4.48. The molecule has 158 valence electrons. The second-order valence-corrected chi connectivity index (χ2v) is 8.36. The maximum Gasteiger partial charge on any atom is 0.202 e. The number of aryl methyl sites for hydroxylation is 1. The number of piperazine rings is 1. The van der Waals surface area contributed by atoms with Gasteiger partial charge in [0.05, 0.1) is 6.04 Å². The van der Waals surface area contributed by atoms with Crippen LogP contribution in [0, 0.1) is 4.77 Å². The molecule has 2 heterocycles. The average molecular weight is 422 g/mol. The minimum atomic E-state index is 0.312. The van der Waals surface area contributed by atoms with Gasteiger partial charge in [0.1, 0.15) is 6.33 Å². The molecule has 1 aromatic heterocycles. The van der Waals surface area contributed by atoms with Crippen LogP contribution in [0.25, 0.3) is 5.69 Å². The molecule has 6 heteroatoms. The quantitative estimate of drug-likeness (QED) is 0.508. The summed E-state index contributed by atoms with van der Waals surface area (Å²) in [6.07, 6.45) is 3.93. The highest BCUT2D eigenvalue weighted by Gasteiger charge is 2.18. The highest BCUT2D eigenvalue weighted by atomic mass is 32.1. The molecule has 1 aliphatic rings. The van der Waals surface area contributed by atoms with Gasteiger partial charge in [0.25, 0.3) is 0 Å². The first-order chi connectivity index (χ1) is 14.6. The molecule has 0 N–H and O–H groups in total. The number of nitrogens with zero attached hydrogens (tertiary/aromatic N) is 5. The Kier molecular flexibility index (Phi) is 6.23. The first-order valence-electron chi connectivity index (χ1n) is 11.0. The Hall–Kier alpha value is -2.60. The summed E-state index contributed by atoms with van der Waals surface area (Å²) < 4.78 is 4.67. The molecule has 0 saturated carbocycles. The summed E-state index contributed by atoms with van der Waals surface area (Å²) in [6.45, 7) is 10.6. The van der Waals surface area contributed by atoms with E-state index in [9.17, 15) is 0 Å². The molecule has 1 fully saturated rings. The Morgan fingerprint density at radius 1 is 0.833 bits per heavy atom. The molecule has 0 spiro atoms. The maximum absolute atomic E-state index is 5.63. The minimum absolute atomic E-state index is 0.312. The Bertz CT molecular complexity index is 1010. The third-order valence-corrected chi connectivity index (χ3v) is 6.57. The predicted octanol–water partition coefficient (Wildman–Crippen LogP) is 5.26. The zero-order chi connectivity index (χ0) is 21.1. The third kappa shape index (κ3) is 4.15. The maximum atomic E-state index is 5.63. The molecule has 4 rings (SSSR count). The number of aromatic nitrogens is 3. The predicted molar refractivity (Wildman–Crippen MR) is 128 cm³/mol. The van der Waals surface area contributed by atoms with Gasteiger partial charge in [-0.25, -0.2) is 4.68 Å². The van der Waals surface area contributed by atoms with Gasteiger partial charge < -0.3 is 9.80 Å². The van der Waals surface area contributed by atoms with Crippen molar-refractivity contribution in [2.24, 2.45) is 0 Å². The van der Waals surface area contributed by atoms with E-state index in [0.29, 0.717) is 6.04 Å². The number of rotatable bonds is 6. The van der Waals surface area contributed by atoms with Crippen molar-refractivity contribution in [3.05, 3.63) is 65.2 Å². The average Bonchev–Trinajstić information content (AvgIpc) is 3.20. The van der Waals surface area contributed by atoms with E-state index in [4.69, 9.17) is 12.2 Å². The monoisotopic (exact) mass is 421 g/mol. The summed E-state index contributed by atoms with van der Waals surface area (Å²) in [4.78, 5) is 4.94. The van der Waals surface area contributed by atoms with Gasteiger partial charge in [-0.1, -0.05) is 26.0 Å². The van der Waals surface area contributed by atoms with E-state index in [1.54, 1.807) is 0 Å². The van der Waals surface area contributed by atoms with Crippen molar-refractivity contribution in [2.75, 3.05) is 36.0 Å². The summed E-state index contributed by atoms with van der Waals surface area (Å²) in [7, 11) is 0. The Balaban J connectivity index is 1.42. The van der Waals surface area contributed by atoms with Crippen LogP contribution >= 0.6 is 12.2 Å². The largest absolute Gasteiger partial charge is 0.368 e. The molecule has 0 radical (unpaired) electrons. The molecule has 0 bridgehead atoms. The molecule has 3 aromatic rings. The Labute approximate surface area is 184 Å². The molecular weight excluding hydrogens is 390 g/mol. The lowest BCUT2D eigenvalue weighted by Crippen LogP contribution is -2.46. The van der Waals surface area contributed by atoms with Crippen molar-refractivity contribution in [3.63, 3.8) is 0 Å². The number of anilines is 2. The van der Waals surface area contributed by atoms with Gasteiger partial charge in [0, 0.05) is 43.2 Å². The van der Waals surface area contributed by atoms with E-state index < -0.39 is 0 Å².